The topological polar surface area (TPSA) is 43.8 Å². The third kappa shape index (κ3) is 2.35. The Labute approximate surface area is 112 Å². The molecule has 4 heteroatoms. The first-order chi connectivity index (χ1) is 8.63. The number of nitrogens with two attached hydrogens (primary N) is 1. The Kier molecular flexibility index (Phi) is 2.99. The van der Waals surface area contributed by atoms with Gasteiger partial charge in [0.05, 0.1) is 12.2 Å². The molecule has 0 amide bonds. The van der Waals surface area contributed by atoms with Gasteiger partial charge < -0.3 is 10.3 Å². The second-order valence-electron chi connectivity index (χ2n) is 5.23. The smallest absolute Gasteiger partial charge is 0.113 e. The maximum absolute atomic E-state index is 6.21. The summed E-state index contributed by atoms with van der Waals surface area (Å²) in [5.74, 6) is 0.713. The van der Waals surface area contributed by atoms with Gasteiger partial charge in [0.25, 0.3) is 0 Å². The van der Waals surface area contributed by atoms with Gasteiger partial charge in [0.15, 0.2) is 0 Å². The first-order valence-corrected chi connectivity index (χ1v) is 7.29. The Morgan fingerprint density at radius 1 is 1.50 bits per heavy atom. The van der Waals surface area contributed by atoms with Crippen molar-refractivity contribution in [1.82, 2.24) is 9.55 Å². The lowest BCUT2D eigenvalue weighted by Crippen LogP contribution is -2.11. The molecule has 18 heavy (non-hydrogen) atoms. The average molecular weight is 261 g/mol. The summed E-state index contributed by atoms with van der Waals surface area (Å²) in [6.45, 7) is 5.05. The second kappa shape index (κ2) is 4.52. The lowest BCUT2D eigenvalue weighted by Gasteiger charge is -2.06. The van der Waals surface area contributed by atoms with E-state index >= 15 is 0 Å². The van der Waals surface area contributed by atoms with Crippen LogP contribution in [0.5, 0.6) is 0 Å². The molecule has 3 rings (SSSR count). The molecule has 2 aromatic heterocycles. The predicted molar refractivity (Wildman–Crippen MR) is 74.8 cm³/mol. The number of hydrogen-bond donors (Lipinski definition) is 1. The fraction of sp³-hybridized carbons (Fsp3) is 0.500. The molecule has 1 atom stereocenters. The largest absolute Gasteiger partial charge is 0.347 e. The van der Waals surface area contributed by atoms with Crippen LogP contribution in [0.25, 0.3) is 0 Å². The first kappa shape index (κ1) is 11.9. The quantitative estimate of drug-likeness (QED) is 0.919. The Bertz CT molecular complexity index is 532. The summed E-state index contributed by atoms with van der Waals surface area (Å²) in [6, 6.07) is 2.38. The van der Waals surface area contributed by atoms with Crippen LogP contribution in [-0.2, 0) is 6.54 Å². The maximum atomic E-state index is 6.21. The van der Waals surface area contributed by atoms with Crippen molar-refractivity contribution < 1.29 is 0 Å². The van der Waals surface area contributed by atoms with E-state index in [1.54, 1.807) is 11.3 Å². The van der Waals surface area contributed by atoms with Gasteiger partial charge in [-0.05, 0) is 44.2 Å². The molecule has 2 aromatic rings. The summed E-state index contributed by atoms with van der Waals surface area (Å²) in [4.78, 5) is 5.89. The molecule has 1 unspecified atom stereocenters. The van der Waals surface area contributed by atoms with E-state index in [9.17, 15) is 0 Å². The van der Waals surface area contributed by atoms with Crippen LogP contribution in [0.15, 0.2) is 18.5 Å². The molecule has 1 aliphatic rings. The van der Waals surface area contributed by atoms with E-state index in [0.29, 0.717) is 5.92 Å². The molecule has 0 radical (unpaired) electrons. The molecule has 0 spiro atoms. The molecular weight excluding hydrogens is 242 g/mol. The van der Waals surface area contributed by atoms with Crippen LogP contribution < -0.4 is 5.73 Å². The van der Waals surface area contributed by atoms with E-state index in [1.165, 1.54) is 28.3 Å². The Morgan fingerprint density at radius 3 is 2.89 bits per heavy atom. The van der Waals surface area contributed by atoms with Crippen LogP contribution >= 0.6 is 11.3 Å². The van der Waals surface area contributed by atoms with Crippen molar-refractivity contribution in [2.75, 3.05) is 0 Å². The zero-order chi connectivity index (χ0) is 12.7. The van der Waals surface area contributed by atoms with E-state index in [4.69, 9.17) is 5.73 Å². The average Bonchev–Trinajstić information content (AvgIpc) is 3.01. The van der Waals surface area contributed by atoms with Gasteiger partial charge in [-0.2, -0.15) is 0 Å². The van der Waals surface area contributed by atoms with Gasteiger partial charge in [0.1, 0.15) is 5.01 Å². The highest BCUT2D eigenvalue weighted by molar-refractivity contribution is 7.11. The number of aryl methyl sites for hydroxylation is 2. The van der Waals surface area contributed by atoms with Crippen molar-refractivity contribution in [3.05, 3.63) is 39.6 Å². The van der Waals surface area contributed by atoms with E-state index < -0.39 is 0 Å². The predicted octanol–water partition coefficient (Wildman–Crippen LogP) is 3.02. The molecule has 0 bridgehead atoms. The van der Waals surface area contributed by atoms with E-state index in [-0.39, 0.29) is 6.04 Å². The third-order valence-corrected chi connectivity index (χ3v) is 4.74. The number of hydrogen-bond acceptors (Lipinski definition) is 3. The van der Waals surface area contributed by atoms with E-state index in [2.05, 4.69) is 41.9 Å². The number of rotatable bonds is 4. The third-order valence-electron chi connectivity index (χ3n) is 3.68. The highest BCUT2D eigenvalue weighted by atomic mass is 32.1. The number of aromatic nitrogens is 2. The lowest BCUT2D eigenvalue weighted by molar-refractivity contribution is 0.630. The van der Waals surface area contributed by atoms with Crippen LogP contribution in [0, 0.1) is 19.8 Å². The van der Waals surface area contributed by atoms with Crippen LogP contribution in [0.2, 0.25) is 0 Å². The molecule has 96 valence electrons. The molecule has 0 aliphatic heterocycles. The minimum Gasteiger partial charge on any atom is -0.347 e. The molecule has 0 saturated heterocycles. The monoisotopic (exact) mass is 261 g/mol. The van der Waals surface area contributed by atoms with Crippen LogP contribution in [0.4, 0.5) is 0 Å². The summed E-state index contributed by atoms with van der Waals surface area (Å²) in [6.07, 6.45) is 6.87. The Morgan fingerprint density at radius 2 is 2.28 bits per heavy atom. The fourth-order valence-corrected chi connectivity index (χ4v) is 3.19. The Balaban J connectivity index is 1.73. The summed E-state index contributed by atoms with van der Waals surface area (Å²) in [5, 5.41) is 1.17. The van der Waals surface area contributed by atoms with Gasteiger partial charge in [0.2, 0.25) is 0 Å². The van der Waals surface area contributed by atoms with Gasteiger partial charge >= 0.3 is 0 Å². The zero-order valence-electron chi connectivity index (χ0n) is 10.9. The summed E-state index contributed by atoms with van der Waals surface area (Å²) in [7, 11) is 0. The van der Waals surface area contributed by atoms with Gasteiger partial charge in [-0.15, -0.1) is 11.3 Å². The zero-order valence-corrected chi connectivity index (χ0v) is 11.7. The summed E-state index contributed by atoms with van der Waals surface area (Å²) in [5.41, 5.74) is 8.63. The van der Waals surface area contributed by atoms with Crippen molar-refractivity contribution in [2.24, 2.45) is 11.7 Å². The Hall–Kier alpha value is -1.13. The number of thiazole rings is 1. The fourth-order valence-electron chi connectivity index (χ4n) is 2.25. The molecule has 0 aromatic carbocycles. The molecule has 1 aliphatic carbocycles. The first-order valence-electron chi connectivity index (χ1n) is 6.47. The van der Waals surface area contributed by atoms with Crippen molar-refractivity contribution in [3.63, 3.8) is 0 Å². The molecule has 2 heterocycles. The highest BCUT2D eigenvalue weighted by Gasteiger charge is 2.29. The van der Waals surface area contributed by atoms with Crippen molar-refractivity contribution in [3.8, 4) is 0 Å². The van der Waals surface area contributed by atoms with Gasteiger partial charge in [-0.3, -0.25) is 0 Å². The highest BCUT2D eigenvalue weighted by Crippen LogP contribution is 2.39. The van der Waals surface area contributed by atoms with Crippen molar-refractivity contribution in [1.29, 1.82) is 0 Å². The second-order valence-corrected chi connectivity index (χ2v) is 6.52. The molecule has 2 N–H and O–H groups in total. The van der Waals surface area contributed by atoms with Crippen molar-refractivity contribution in [2.45, 2.75) is 39.3 Å². The minimum atomic E-state index is 0.228. The van der Waals surface area contributed by atoms with Crippen LogP contribution in [-0.4, -0.2) is 9.55 Å². The minimum absolute atomic E-state index is 0.228. The van der Waals surface area contributed by atoms with Gasteiger partial charge in [-0.25, -0.2) is 4.98 Å². The standard InChI is InChI=1S/C14H19N3S/c1-9-10(2)18-13(16-9)8-17-6-5-12(7-17)14(15)11-3-4-11/h5-7,11,14H,3-4,8,15H2,1-2H3. The van der Waals surface area contributed by atoms with E-state index in [1.807, 2.05) is 0 Å². The van der Waals surface area contributed by atoms with Crippen molar-refractivity contribution >= 4 is 11.3 Å². The van der Waals surface area contributed by atoms with Crippen LogP contribution in [0.1, 0.15) is 40.0 Å². The summed E-state index contributed by atoms with van der Waals surface area (Å²) >= 11 is 1.78. The SMILES string of the molecule is Cc1nc(Cn2ccc(C(N)C3CC3)c2)sc1C. The normalized spacial score (nSPS) is 17.1. The number of nitrogens with zero attached hydrogens (tertiary/aromatic N) is 2. The summed E-state index contributed by atoms with van der Waals surface area (Å²) < 4.78 is 2.19. The molecule has 1 fully saturated rings. The van der Waals surface area contributed by atoms with Gasteiger partial charge in [0, 0.05) is 23.3 Å². The lowest BCUT2D eigenvalue weighted by atomic mass is 10.1. The maximum Gasteiger partial charge on any atom is 0.113 e. The molecule has 1 saturated carbocycles. The van der Waals surface area contributed by atoms with Gasteiger partial charge in [-0.1, -0.05) is 0 Å². The van der Waals surface area contributed by atoms with E-state index in [0.717, 1.165) is 12.2 Å². The molecule has 3 nitrogen and oxygen atoms in total. The molecular formula is C14H19N3S. The van der Waals surface area contributed by atoms with Crippen LogP contribution in [0.3, 0.4) is 0 Å².